The lowest BCUT2D eigenvalue weighted by Crippen LogP contribution is -2.29. The molecule has 0 aliphatic heterocycles. The summed E-state index contributed by atoms with van der Waals surface area (Å²) in [5, 5.41) is 7.85. The fraction of sp³-hybridized carbons (Fsp3) is 0.316. The van der Waals surface area contributed by atoms with Crippen LogP contribution in [0.1, 0.15) is 17.2 Å². The molecular formula is C19H23ClN6O3S. The van der Waals surface area contributed by atoms with E-state index >= 15 is 0 Å². The molecule has 0 radical (unpaired) electrons. The van der Waals surface area contributed by atoms with Gasteiger partial charge in [0.25, 0.3) is 0 Å². The molecule has 1 aromatic carbocycles. The molecule has 30 heavy (non-hydrogen) atoms. The van der Waals surface area contributed by atoms with E-state index < -0.39 is 10.0 Å². The molecule has 2 heterocycles. The molecule has 160 valence electrons. The van der Waals surface area contributed by atoms with Gasteiger partial charge in [0, 0.05) is 29.9 Å². The maximum absolute atomic E-state index is 12.6. The molecular weight excluding hydrogens is 428 g/mol. The van der Waals surface area contributed by atoms with Gasteiger partial charge in [0.15, 0.2) is 5.82 Å². The fourth-order valence-electron chi connectivity index (χ4n) is 2.93. The summed E-state index contributed by atoms with van der Waals surface area (Å²) >= 11 is 5.93. The normalized spacial score (nSPS) is 11.5. The zero-order valence-electron chi connectivity index (χ0n) is 17.1. The van der Waals surface area contributed by atoms with Crippen molar-refractivity contribution in [2.45, 2.75) is 25.7 Å². The lowest BCUT2D eigenvalue weighted by Gasteiger charge is -2.12. The van der Waals surface area contributed by atoms with Gasteiger partial charge in [-0.05, 0) is 45.0 Å². The molecule has 0 fully saturated rings. The van der Waals surface area contributed by atoms with Crippen LogP contribution in [-0.2, 0) is 10.0 Å². The number of methoxy groups -OCH3 is 1. The summed E-state index contributed by atoms with van der Waals surface area (Å²) in [6, 6.07) is 8.16. The summed E-state index contributed by atoms with van der Waals surface area (Å²) in [6.07, 6.45) is 0. The van der Waals surface area contributed by atoms with Crippen LogP contribution in [-0.4, -0.2) is 48.4 Å². The Morgan fingerprint density at radius 1 is 1.10 bits per heavy atom. The highest BCUT2D eigenvalue weighted by molar-refractivity contribution is 7.89. The lowest BCUT2D eigenvalue weighted by atomic mass is 10.3. The zero-order chi connectivity index (χ0) is 21.9. The van der Waals surface area contributed by atoms with Crippen LogP contribution in [0.15, 0.2) is 35.2 Å². The summed E-state index contributed by atoms with van der Waals surface area (Å²) in [5.41, 5.74) is 1.85. The summed E-state index contributed by atoms with van der Waals surface area (Å²) < 4.78 is 34.6. The van der Waals surface area contributed by atoms with Crippen LogP contribution in [0, 0.1) is 20.8 Å². The molecule has 2 aromatic heterocycles. The Hall–Kier alpha value is -2.69. The third-order valence-electron chi connectivity index (χ3n) is 4.19. The van der Waals surface area contributed by atoms with E-state index in [1.807, 2.05) is 19.9 Å². The SMILES string of the molecule is COc1ccc(Cl)cc1S(=O)(=O)NCCNc1cc(-n2nc(C)cc2C)nc(C)n1. The first-order valence-electron chi connectivity index (χ1n) is 9.16. The number of rotatable bonds is 8. The average Bonchev–Trinajstić information content (AvgIpc) is 3.03. The summed E-state index contributed by atoms with van der Waals surface area (Å²) in [6.45, 7) is 6.10. The molecule has 3 rings (SSSR count). The number of hydrogen-bond acceptors (Lipinski definition) is 7. The highest BCUT2D eigenvalue weighted by atomic mass is 35.5. The fourth-order valence-corrected chi connectivity index (χ4v) is 4.39. The summed E-state index contributed by atoms with van der Waals surface area (Å²) in [7, 11) is -2.38. The van der Waals surface area contributed by atoms with E-state index in [0.29, 0.717) is 29.0 Å². The molecule has 0 atom stereocenters. The summed E-state index contributed by atoms with van der Waals surface area (Å²) in [4.78, 5) is 8.76. The van der Waals surface area contributed by atoms with Crippen LogP contribution in [0.2, 0.25) is 5.02 Å². The van der Waals surface area contributed by atoms with Gasteiger partial charge in [0.1, 0.15) is 22.3 Å². The van der Waals surface area contributed by atoms with Gasteiger partial charge in [0.05, 0.1) is 12.8 Å². The molecule has 0 aliphatic rings. The number of anilines is 1. The number of aromatic nitrogens is 4. The van der Waals surface area contributed by atoms with E-state index in [1.54, 1.807) is 23.7 Å². The lowest BCUT2D eigenvalue weighted by molar-refractivity contribution is 0.402. The first-order valence-corrected chi connectivity index (χ1v) is 11.0. The number of sulfonamides is 1. The van der Waals surface area contributed by atoms with Crippen molar-refractivity contribution in [1.29, 1.82) is 0 Å². The molecule has 3 aromatic rings. The third kappa shape index (κ3) is 5.07. The number of halogens is 1. The van der Waals surface area contributed by atoms with Gasteiger partial charge >= 0.3 is 0 Å². The molecule has 0 unspecified atom stereocenters. The second kappa shape index (κ2) is 8.99. The van der Waals surface area contributed by atoms with Crippen molar-refractivity contribution >= 4 is 27.4 Å². The van der Waals surface area contributed by atoms with Crippen molar-refractivity contribution in [1.82, 2.24) is 24.5 Å². The van der Waals surface area contributed by atoms with Gasteiger partial charge in [0.2, 0.25) is 10.0 Å². The minimum Gasteiger partial charge on any atom is -0.495 e. The number of nitrogens with zero attached hydrogens (tertiary/aromatic N) is 4. The molecule has 0 spiro atoms. The number of benzene rings is 1. The second-order valence-electron chi connectivity index (χ2n) is 6.62. The molecule has 0 saturated carbocycles. The highest BCUT2D eigenvalue weighted by Crippen LogP contribution is 2.26. The van der Waals surface area contributed by atoms with Crippen molar-refractivity contribution in [2.24, 2.45) is 0 Å². The summed E-state index contributed by atoms with van der Waals surface area (Å²) in [5.74, 6) is 2.01. The van der Waals surface area contributed by atoms with Crippen LogP contribution >= 0.6 is 11.6 Å². The monoisotopic (exact) mass is 450 g/mol. The molecule has 0 saturated heterocycles. The Kier molecular flexibility index (Phi) is 6.59. The maximum Gasteiger partial charge on any atom is 0.244 e. The highest BCUT2D eigenvalue weighted by Gasteiger charge is 2.19. The smallest absolute Gasteiger partial charge is 0.244 e. The molecule has 0 bridgehead atoms. The van der Waals surface area contributed by atoms with E-state index in [1.165, 1.54) is 19.2 Å². The van der Waals surface area contributed by atoms with Gasteiger partial charge in [-0.3, -0.25) is 0 Å². The van der Waals surface area contributed by atoms with Crippen LogP contribution in [0.3, 0.4) is 0 Å². The molecule has 0 aliphatic carbocycles. The minimum atomic E-state index is -3.79. The first kappa shape index (κ1) is 22.0. The van der Waals surface area contributed by atoms with Crippen molar-refractivity contribution in [3.63, 3.8) is 0 Å². The topological polar surface area (TPSA) is 111 Å². The molecule has 0 amide bonds. The van der Waals surface area contributed by atoms with Crippen molar-refractivity contribution in [2.75, 3.05) is 25.5 Å². The van der Waals surface area contributed by atoms with Crippen molar-refractivity contribution in [3.05, 3.63) is 52.6 Å². The predicted octanol–water partition coefficient (Wildman–Crippen LogP) is 2.64. The van der Waals surface area contributed by atoms with E-state index in [4.69, 9.17) is 16.3 Å². The Bertz CT molecular complexity index is 1160. The van der Waals surface area contributed by atoms with Crippen LogP contribution in [0.5, 0.6) is 5.75 Å². The van der Waals surface area contributed by atoms with Crippen LogP contribution < -0.4 is 14.8 Å². The number of aryl methyl sites for hydroxylation is 3. The van der Waals surface area contributed by atoms with Gasteiger partial charge < -0.3 is 10.1 Å². The number of hydrogen-bond donors (Lipinski definition) is 2. The second-order valence-corrected chi connectivity index (χ2v) is 8.79. The van der Waals surface area contributed by atoms with Crippen molar-refractivity contribution in [3.8, 4) is 11.6 Å². The first-order chi connectivity index (χ1) is 14.2. The number of ether oxygens (including phenoxy) is 1. The quantitative estimate of drug-likeness (QED) is 0.507. The van der Waals surface area contributed by atoms with Gasteiger partial charge in [-0.2, -0.15) is 5.10 Å². The maximum atomic E-state index is 12.6. The van der Waals surface area contributed by atoms with E-state index in [2.05, 4.69) is 25.1 Å². The standard InChI is InChI=1S/C19H23ClN6O3S/c1-12-9-13(2)26(25-12)19-11-18(23-14(3)24-19)21-7-8-22-30(27,28)17-10-15(20)5-6-16(17)29-4/h5-6,9-11,22H,7-8H2,1-4H3,(H,21,23,24). The van der Waals surface area contributed by atoms with Crippen LogP contribution in [0.25, 0.3) is 5.82 Å². The van der Waals surface area contributed by atoms with Gasteiger partial charge in [-0.25, -0.2) is 27.8 Å². The van der Waals surface area contributed by atoms with Crippen molar-refractivity contribution < 1.29 is 13.2 Å². The van der Waals surface area contributed by atoms with Crippen LogP contribution in [0.4, 0.5) is 5.82 Å². The predicted molar refractivity (Wildman–Crippen MR) is 115 cm³/mol. The largest absolute Gasteiger partial charge is 0.495 e. The molecule has 2 N–H and O–H groups in total. The third-order valence-corrected chi connectivity index (χ3v) is 5.91. The van der Waals surface area contributed by atoms with E-state index in [9.17, 15) is 8.42 Å². The van der Waals surface area contributed by atoms with Gasteiger partial charge in [-0.15, -0.1) is 0 Å². The Balaban J connectivity index is 1.67. The zero-order valence-corrected chi connectivity index (χ0v) is 18.7. The molecule has 11 heteroatoms. The Labute approximate surface area is 180 Å². The Morgan fingerprint density at radius 2 is 1.87 bits per heavy atom. The van der Waals surface area contributed by atoms with Gasteiger partial charge in [-0.1, -0.05) is 11.6 Å². The molecule has 9 nitrogen and oxygen atoms in total. The van der Waals surface area contributed by atoms with E-state index in [0.717, 1.165) is 11.4 Å². The van der Waals surface area contributed by atoms with E-state index in [-0.39, 0.29) is 17.2 Å². The minimum absolute atomic E-state index is 0.0119. The number of nitrogens with one attached hydrogen (secondary N) is 2. The average molecular weight is 451 g/mol. The Morgan fingerprint density at radius 3 is 2.53 bits per heavy atom.